The number of carbonyl (C=O) groups excluding carboxylic acids is 2. The number of hydrogen-bond acceptors (Lipinski definition) is 4. The van der Waals surface area contributed by atoms with Gasteiger partial charge in [-0.25, -0.2) is 9.78 Å². The fourth-order valence-corrected chi connectivity index (χ4v) is 4.32. The summed E-state index contributed by atoms with van der Waals surface area (Å²) >= 11 is 1.31. The molecule has 1 aliphatic heterocycles. The van der Waals surface area contributed by atoms with Crippen LogP contribution in [0.25, 0.3) is 0 Å². The number of rotatable bonds is 4. The molecule has 148 valence electrons. The van der Waals surface area contributed by atoms with Crippen molar-refractivity contribution in [3.8, 4) is 0 Å². The van der Waals surface area contributed by atoms with Crippen molar-refractivity contribution in [1.29, 1.82) is 0 Å². The number of nitrogens with one attached hydrogen (secondary N) is 2. The zero-order valence-electron chi connectivity index (χ0n) is 16.3. The van der Waals surface area contributed by atoms with E-state index in [9.17, 15) is 9.59 Å². The van der Waals surface area contributed by atoms with Gasteiger partial charge in [-0.1, -0.05) is 30.3 Å². The fourth-order valence-electron chi connectivity index (χ4n) is 3.61. The summed E-state index contributed by atoms with van der Waals surface area (Å²) in [6, 6.07) is 15.4. The third-order valence-electron chi connectivity index (χ3n) is 4.86. The summed E-state index contributed by atoms with van der Waals surface area (Å²) in [6.07, 6.45) is 1.07. The Bertz CT molecular complexity index is 1060. The van der Waals surface area contributed by atoms with E-state index in [1.54, 1.807) is 0 Å². The van der Waals surface area contributed by atoms with E-state index in [1.807, 2.05) is 59.7 Å². The van der Waals surface area contributed by atoms with Crippen LogP contribution >= 0.6 is 11.3 Å². The lowest BCUT2D eigenvalue weighted by Gasteiger charge is -2.22. The molecular weight excluding hydrogens is 384 g/mol. The molecule has 3 aromatic rings. The van der Waals surface area contributed by atoms with Gasteiger partial charge in [0.1, 0.15) is 0 Å². The zero-order valence-corrected chi connectivity index (χ0v) is 17.1. The number of fused-ring (bicyclic) bond motifs is 1. The van der Waals surface area contributed by atoms with Gasteiger partial charge in [0.2, 0.25) is 5.91 Å². The summed E-state index contributed by atoms with van der Waals surface area (Å²) in [5.41, 5.74) is 4.62. The van der Waals surface area contributed by atoms with Crippen LogP contribution in [0.5, 0.6) is 0 Å². The van der Waals surface area contributed by atoms with Crippen LogP contribution in [0.3, 0.4) is 0 Å². The number of anilines is 3. The van der Waals surface area contributed by atoms with E-state index < -0.39 is 0 Å². The molecule has 3 amide bonds. The van der Waals surface area contributed by atoms with E-state index in [0.717, 1.165) is 23.4 Å². The van der Waals surface area contributed by atoms with E-state index in [-0.39, 0.29) is 24.4 Å². The maximum absolute atomic E-state index is 12.9. The summed E-state index contributed by atoms with van der Waals surface area (Å²) in [4.78, 5) is 31.3. The standard InChI is InChI=1S/C22H22N4O2S/c1-14-6-5-8-17(10-14)23-21(28)25-22-24-18(13-29-22)12-20(27)26-15(2)11-16-7-3-4-9-19(16)26/h3-10,13,15H,11-12H2,1-2H3,(H2,23,24,25,28)/t15-/m0/s1. The Labute approximate surface area is 173 Å². The van der Waals surface area contributed by atoms with Crippen molar-refractivity contribution in [2.75, 3.05) is 15.5 Å². The molecule has 0 saturated carbocycles. The van der Waals surface area contributed by atoms with E-state index in [4.69, 9.17) is 0 Å². The van der Waals surface area contributed by atoms with Crippen molar-refractivity contribution >= 4 is 39.8 Å². The maximum atomic E-state index is 12.9. The summed E-state index contributed by atoms with van der Waals surface area (Å²) in [5, 5.41) is 7.79. The highest BCUT2D eigenvalue weighted by atomic mass is 32.1. The van der Waals surface area contributed by atoms with E-state index in [1.165, 1.54) is 16.9 Å². The molecule has 29 heavy (non-hydrogen) atoms. The average Bonchev–Trinajstić information content (AvgIpc) is 3.24. The quantitative estimate of drug-likeness (QED) is 0.664. The third-order valence-corrected chi connectivity index (χ3v) is 5.66. The number of urea groups is 1. The predicted octanol–water partition coefficient (Wildman–Crippen LogP) is 4.62. The lowest BCUT2D eigenvalue weighted by molar-refractivity contribution is -0.118. The number of carbonyl (C=O) groups is 2. The second-order valence-electron chi connectivity index (χ2n) is 7.21. The monoisotopic (exact) mass is 406 g/mol. The van der Waals surface area contributed by atoms with Crippen LogP contribution in [0.2, 0.25) is 0 Å². The van der Waals surface area contributed by atoms with E-state index in [0.29, 0.717) is 10.8 Å². The molecule has 0 fully saturated rings. The Balaban J connectivity index is 1.38. The maximum Gasteiger partial charge on any atom is 0.325 e. The molecule has 1 atom stereocenters. The van der Waals surface area contributed by atoms with Crippen LogP contribution in [0.1, 0.15) is 23.7 Å². The van der Waals surface area contributed by atoms with Crippen LogP contribution in [-0.2, 0) is 17.6 Å². The summed E-state index contributed by atoms with van der Waals surface area (Å²) in [6.45, 7) is 4.02. The molecule has 2 aromatic carbocycles. The van der Waals surface area contributed by atoms with Crippen LogP contribution in [0, 0.1) is 6.92 Å². The fraction of sp³-hybridized carbons (Fsp3) is 0.227. The van der Waals surface area contributed by atoms with Crippen LogP contribution in [0.4, 0.5) is 21.3 Å². The van der Waals surface area contributed by atoms with Gasteiger partial charge in [-0.3, -0.25) is 10.1 Å². The van der Waals surface area contributed by atoms with Gasteiger partial charge in [-0.2, -0.15) is 0 Å². The normalized spacial score (nSPS) is 15.1. The Morgan fingerprint density at radius 2 is 2.00 bits per heavy atom. The van der Waals surface area contributed by atoms with Crippen LogP contribution < -0.4 is 15.5 Å². The molecule has 0 aliphatic carbocycles. The van der Waals surface area contributed by atoms with Gasteiger partial charge in [-0.05, 0) is 49.6 Å². The second kappa shape index (κ2) is 8.05. The lowest BCUT2D eigenvalue weighted by Crippen LogP contribution is -2.36. The highest BCUT2D eigenvalue weighted by Crippen LogP contribution is 2.32. The second-order valence-corrected chi connectivity index (χ2v) is 8.07. The van der Waals surface area contributed by atoms with Gasteiger partial charge < -0.3 is 10.2 Å². The van der Waals surface area contributed by atoms with Gasteiger partial charge in [0.05, 0.1) is 12.1 Å². The summed E-state index contributed by atoms with van der Waals surface area (Å²) in [7, 11) is 0. The number of nitrogens with zero attached hydrogens (tertiary/aromatic N) is 2. The molecule has 0 radical (unpaired) electrons. The highest BCUT2D eigenvalue weighted by molar-refractivity contribution is 7.14. The minimum Gasteiger partial charge on any atom is -0.309 e. The Morgan fingerprint density at radius 1 is 1.17 bits per heavy atom. The smallest absolute Gasteiger partial charge is 0.309 e. The Morgan fingerprint density at radius 3 is 2.83 bits per heavy atom. The molecule has 0 saturated heterocycles. The van der Waals surface area contributed by atoms with Gasteiger partial charge in [-0.15, -0.1) is 11.3 Å². The molecular formula is C22H22N4O2S. The first-order valence-electron chi connectivity index (χ1n) is 9.48. The van der Waals surface area contributed by atoms with Gasteiger partial charge in [0, 0.05) is 22.8 Å². The molecule has 0 unspecified atom stereocenters. The van der Waals surface area contributed by atoms with Crippen molar-refractivity contribution in [3.63, 3.8) is 0 Å². The number of para-hydroxylation sites is 1. The number of benzene rings is 2. The molecule has 0 bridgehead atoms. The van der Waals surface area contributed by atoms with Gasteiger partial charge in [0.15, 0.2) is 5.13 Å². The Kier molecular flexibility index (Phi) is 5.31. The first-order chi connectivity index (χ1) is 14.0. The summed E-state index contributed by atoms with van der Waals surface area (Å²) in [5.74, 6) is 0.0171. The molecule has 1 aliphatic rings. The van der Waals surface area contributed by atoms with E-state index in [2.05, 4.69) is 28.6 Å². The first-order valence-corrected chi connectivity index (χ1v) is 10.4. The number of amides is 3. The number of thiazole rings is 1. The number of hydrogen-bond donors (Lipinski definition) is 2. The average molecular weight is 407 g/mol. The molecule has 2 heterocycles. The molecule has 1 aromatic heterocycles. The van der Waals surface area contributed by atoms with Crippen LogP contribution in [-0.4, -0.2) is 23.0 Å². The topological polar surface area (TPSA) is 74.3 Å². The van der Waals surface area contributed by atoms with Crippen molar-refractivity contribution in [2.24, 2.45) is 0 Å². The van der Waals surface area contributed by atoms with Crippen LogP contribution in [0.15, 0.2) is 53.9 Å². The number of aromatic nitrogens is 1. The van der Waals surface area contributed by atoms with Gasteiger partial charge >= 0.3 is 6.03 Å². The zero-order chi connectivity index (χ0) is 20.4. The predicted molar refractivity (Wildman–Crippen MR) is 117 cm³/mol. The third kappa shape index (κ3) is 4.30. The Hall–Kier alpha value is -3.19. The molecule has 7 heteroatoms. The van der Waals surface area contributed by atoms with Crippen molar-refractivity contribution in [3.05, 3.63) is 70.7 Å². The molecule has 2 N–H and O–H groups in total. The minimum atomic E-state index is -0.357. The number of aryl methyl sites for hydroxylation is 1. The minimum absolute atomic E-state index is 0.0171. The first kappa shape index (κ1) is 19.1. The SMILES string of the molecule is Cc1cccc(NC(=O)Nc2nc(CC(=O)N3c4ccccc4C[C@@H]3C)cs2)c1. The lowest BCUT2D eigenvalue weighted by atomic mass is 10.1. The van der Waals surface area contributed by atoms with Crippen molar-refractivity contribution in [2.45, 2.75) is 32.7 Å². The largest absolute Gasteiger partial charge is 0.325 e. The van der Waals surface area contributed by atoms with Crippen molar-refractivity contribution in [1.82, 2.24) is 4.98 Å². The summed E-state index contributed by atoms with van der Waals surface area (Å²) < 4.78 is 0. The van der Waals surface area contributed by atoms with Crippen molar-refractivity contribution < 1.29 is 9.59 Å². The molecule has 0 spiro atoms. The highest BCUT2D eigenvalue weighted by Gasteiger charge is 2.30. The molecule has 6 nitrogen and oxygen atoms in total. The van der Waals surface area contributed by atoms with E-state index >= 15 is 0 Å². The van der Waals surface area contributed by atoms with Gasteiger partial charge in [0.25, 0.3) is 0 Å². The molecule has 4 rings (SSSR count).